The third kappa shape index (κ3) is 2.72. The van der Waals surface area contributed by atoms with E-state index in [0.29, 0.717) is 12.0 Å². The summed E-state index contributed by atoms with van der Waals surface area (Å²) in [7, 11) is 0. The van der Waals surface area contributed by atoms with Gasteiger partial charge in [-0.25, -0.2) is 0 Å². The molecule has 18 heavy (non-hydrogen) atoms. The fourth-order valence-electron chi connectivity index (χ4n) is 3.12. The van der Waals surface area contributed by atoms with E-state index in [0.717, 1.165) is 30.2 Å². The van der Waals surface area contributed by atoms with Crippen molar-refractivity contribution in [1.82, 2.24) is 15.1 Å². The smallest absolute Gasteiger partial charge is 0.0847 e. The third-order valence-electron chi connectivity index (χ3n) is 4.03. The van der Waals surface area contributed by atoms with Gasteiger partial charge >= 0.3 is 0 Å². The molecule has 1 N–H and O–H groups in total. The second-order valence-electron chi connectivity index (χ2n) is 5.22. The van der Waals surface area contributed by atoms with Crippen LogP contribution in [0.15, 0.2) is 0 Å². The normalized spacial score (nSPS) is 23.8. The van der Waals surface area contributed by atoms with Gasteiger partial charge in [0, 0.05) is 12.6 Å². The predicted octanol–water partition coefficient (Wildman–Crippen LogP) is 3.19. The minimum Gasteiger partial charge on any atom is -0.314 e. The van der Waals surface area contributed by atoms with Crippen LogP contribution in [0.1, 0.15) is 44.5 Å². The number of hydrogen-bond acceptors (Lipinski definition) is 2. The highest BCUT2D eigenvalue weighted by atomic mass is 35.5. The van der Waals surface area contributed by atoms with Gasteiger partial charge in [0.15, 0.2) is 0 Å². The Hall–Kier alpha value is -0.540. The molecule has 1 saturated carbocycles. The number of aryl methyl sites for hydroxylation is 2. The summed E-state index contributed by atoms with van der Waals surface area (Å²) in [6.07, 6.45) is 5.00. The highest BCUT2D eigenvalue weighted by Gasteiger charge is 2.28. The Kier molecular flexibility index (Phi) is 4.68. The fourth-order valence-corrected chi connectivity index (χ4v) is 3.34. The number of nitrogens with one attached hydrogen (secondary N) is 1. The molecule has 3 nitrogen and oxygen atoms in total. The fraction of sp³-hybridized carbons (Fsp3) is 0.786. The van der Waals surface area contributed by atoms with Crippen LogP contribution in [-0.4, -0.2) is 22.4 Å². The summed E-state index contributed by atoms with van der Waals surface area (Å²) < 4.78 is 2.07. The van der Waals surface area contributed by atoms with Gasteiger partial charge in [-0.05, 0) is 45.6 Å². The Morgan fingerprint density at radius 1 is 1.39 bits per heavy atom. The monoisotopic (exact) mass is 269 g/mol. The first-order chi connectivity index (χ1) is 8.67. The van der Waals surface area contributed by atoms with Crippen LogP contribution in [0.4, 0.5) is 0 Å². The van der Waals surface area contributed by atoms with E-state index in [4.69, 9.17) is 11.6 Å². The molecule has 1 aliphatic carbocycles. The molecular formula is C14H24ClN3. The molecule has 1 fully saturated rings. The molecule has 0 aliphatic heterocycles. The van der Waals surface area contributed by atoms with Crippen molar-refractivity contribution in [3.8, 4) is 0 Å². The van der Waals surface area contributed by atoms with Crippen molar-refractivity contribution in [2.45, 2.75) is 59.0 Å². The number of aromatic nitrogens is 2. The van der Waals surface area contributed by atoms with Gasteiger partial charge in [0.05, 0.1) is 16.4 Å². The number of hydrogen-bond donors (Lipinski definition) is 1. The second-order valence-corrected chi connectivity index (χ2v) is 5.60. The molecule has 0 aromatic carbocycles. The quantitative estimate of drug-likeness (QED) is 0.890. The average Bonchev–Trinajstić information content (AvgIpc) is 2.90. The van der Waals surface area contributed by atoms with Crippen molar-refractivity contribution < 1.29 is 0 Å². The van der Waals surface area contributed by atoms with Crippen LogP contribution in [0.3, 0.4) is 0 Å². The number of rotatable bonds is 5. The van der Waals surface area contributed by atoms with Crippen LogP contribution in [0.2, 0.25) is 5.02 Å². The van der Waals surface area contributed by atoms with E-state index < -0.39 is 0 Å². The first kappa shape index (κ1) is 13.9. The molecule has 2 atom stereocenters. The molecule has 1 aromatic rings. The molecule has 0 saturated heterocycles. The maximum atomic E-state index is 6.39. The molecule has 1 aliphatic rings. The molecule has 4 heteroatoms. The minimum absolute atomic E-state index is 0.659. The summed E-state index contributed by atoms with van der Waals surface area (Å²) in [5, 5.41) is 8.99. The first-order valence-corrected chi connectivity index (χ1v) is 7.50. The van der Waals surface area contributed by atoms with Gasteiger partial charge in [0.1, 0.15) is 0 Å². The summed E-state index contributed by atoms with van der Waals surface area (Å²) >= 11 is 6.39. The van der Waals surface area contributed by atoms with Crippen molar-refractivity contribution in [1.29, 1.82) is 0 Å². The van der Waals surface area contributed by atoms with Gasteiger partial charge in [-0.3, -0.25) is 4.68 Å². The molecule has 1 aromatic heterocycles. The lowest BCUT2D eigenvalue weighted by Gasteiger charge is -2.20. The van der Waals surface area contributed by atoms with Crippen molar-refractivity contribution in [3.63, 3.8) is 0 Å². The van der Waals surface area contributed by atoms with E-state index in [2.05, 4.69) is 28.9 Å². The summed E-state index contributed by atoms with van der Waals surface area (Å²) in [4.78, 5) is 0. The molecule has 0 spiro atoms. The van der Waals surface area contributed by atoms with Crippen molar-refractivity contribution in [2.75, 3.05) is 6.54 Å². The SMILES string of the molecule is CCNC1CCCC1Cc1c(Cl)c(C)nn1CC. The number of halogens is 1. The Morgan fingerprint density at radius 3 is 2.83 bits per heavy atom. The van der Waals surface area contributed by atoms with Gasteiger partial charge in [-0.2, -0.15) is 5.10 Å². The summed E-state index contributed by atoms with van der Waals surface area (Å²) in [5.41, 5.74) is 2.19. The van der Waals surface area contributed by atoms with Crippen LogP contribution in [0.25, 0.3) is 0 Å². The van der Waals surface area contributed by atoms with E-state index in [1.54, 1.807) is 0 Å². The lowest BCUT2D eigenvalue weighted by atomic mass is 9.97. The predicted molar refractivity (Wildman–Crippen MR) is 76.2 cm³/mol. The van der Waals surface area contributed by atoms with Gasteiger partial charge in [0.25, 0.3) is 0 Å². The van der Waals surface area contributed by atoms with Crippen LogP contribution in [0.5, 0.6) is 0 Å². The molecular weight excluding hydrogens is 246 g/mol. The van der Waals surface area contributed by atoms with E-state index >= 15 is 0 Å². The maximum Gasteiger partial charge on any atom is 0.0847 e. The maximum absolute atomic E-state index is 6.39. The first-order valence-electron chi connectivity index (χ1n) is 7.12. The van der Waals surface area contributed by atoms with Crippen molar-refractivity contribution in [3.05, 3.63) is 16.4 Å². The van der Waals surface area contributed by atoms with Crippen LogP contribution in [0, 0.1) is 12.8 Å². The van der Waals surface area contributed by atoms with E-state index in [9.17, 15) is 0 Å². The zero-order valence-corrected chi connectivity index (χ0v) is 12.4. The van der Waals surface area contributed by atoms with E-state index in [1.807, 2.05) is 6.92 Å². The van der Waals surface area contributed by atoms with Gasteiger partial charge in [-0.15, -0.1) is 0 Å². The third-order valence-corrected chi connectivity index (χ3v) is 4.53. The van der Waals surface area contributed by atoms with Gasteiger partial charge < -0.3 is 5.32 Å². The molecule has 1 heterocycles. The zero-order chi connectivity index (χ0) is 13.1. The summed E-state index contributed by atoms with van der Waals surface area (Å²) in [6.45, 7) is 8.27. The standard InChI is InChI=1S/C14H24ClN3/c1-4-16-12-8-6-7-11(12)9-13-14(15)10(3)17-18(13)5-2/h11-12,16H,4-9H2,1-3H3. The lowest BCUT2D eigenvalue weighted by molar-refractivity contribution is 0.396. The second kappa shape index (κ2) is 6.07. The minimum atomic E-state index is 0.659. The molecule has 0 bridgehead atoms. The van der Waals surface area contributed by atoms with E-state index in [1.165, 1.54) is 25.0 Å². The molecule has 2 unspecified atom stereocenters. The van der Waals surface area contributed by atoms with E-state index in [-0.39, 0.29) is 0 Å². The summed E-state index contributed by atoms with van der Waals surface area (Å²) in [6, 6.07) is 0.659. The van der Waals surface area contributed by atoms with Gasteiger partial charge in [0.2, 0.25) is 0 Å². The zero-order valence-electron chi connectivity index (χ0n) is 11.7. The van der Waals surface area contributed by atoms with Crippen LogP contribution < -0.4 is 5.32 Å². The van der Waals surface area contributed by atoms with Crippen LogP contribution >= 0.6 is 11.6 Å². The average molecular weight is 270 g/mol. The topological polar surface area (TPSA) is 29.9 Å². The molecule has 0 radical (unpaired) electrons. The molecule has 102 valence electrons. The Bertz CT molecular complexity index is 400. The largest absolute Gasteiger partial charge is 0.314 e. The van der Waals surface area contributed by atoms with Gasteiger partial charge in [-0.1, -0.05) is 24.9 Å². The van der Waals surface area contributed by atoms with Crippen molar-refractivity contribution >= 4 is 11.6 Å². The Morgan fingerprint density at radius 2 is 2.17 bits per heavy atom. The van der Waals surface area contributed by atoms with Crippen LogP contribution in [-0.2, 0) is 13.0 Å². The Balaban J connectivity index is 2.13. The lowest BCUT2D eigenvalue weighted by Crippen LogP contribution is -2.33. The Labute approximate surface area is 115 Å². The van der Waals surface area contributed by atoms with Crippen molar-refractivity contribution in [2.24, 2.45) is 5.92 Å². The summed E-state index contributed by atoms with van der Waals surface area (Å²) in [5.74, 6) is 0.712. The molecule has 0 amide bonds. The molecule has 2 rings (SSSR count). The number of nitrogens with zero attached hydrogens (tertiary/aromatic N) is 2. The highest BCUT2D eigenvalue weighted by Crippen LogP contribution is 2.31. The highest BCUT2D eigenvalue weighted by molar-refractivity contribution is 6.31.